The molecule has 1 aromatic heterocycles. The van der Waals surface area contributed by atoms with Crippen LogP contribution < -0.4 is 15.8 Å². The molecule has 4 nitrogen and oxygen atoms in total. The van der Waals surface area contributed by atoms with E-state index in [1.165, 1.54) is 0 Å². The van der Waals surface area contributed by atoms with E-state index in [0.29, 0.717) is 0 Å². The number of nitrogens with one attached hydrogen (secondary N) is 1. The van der Waals surface area contributed by atoms with Gasteiger partial charge in [-0.3, -0.25) is 4.98 Å². The molecular weight excluding hydrogens is 238 g/mol. The summed E-state index contributed by atoms with van der Waals surface area (Å²) >= 11 is 0. The first-order chi connectivity index (χ1) is 14.7. The summed E-state index contributed by atoms with van der Waals surface area (Å²) in [6.07, 6.45) is -8.24. The Kier molecular flexibility index (Phi) is 1.46. The van der Waals surface area contributed by atoms with Crippen molar-refractivity contribution in [3.05, 3.63) is 30.4 Å². The molecule has 4 heteroatoms. The summed E-state index contributed by atoms with van der Waals surface area (Å²) in [6.45, 7) is -7.03. The summed E-state index contributed by atoms with van der Waals surface area (Å²) < 4.78 is 116. The predicted octanol–water partition coefficient (Wildman–Crippen LogP) is 2.78. The first kappa shape index (κ1) is 4.35. The minimum absolute atomic E-state index is 0.275. The lowest BCUT2D eigenvalue weighted by Gasteiger charge is -2.17. The largest absolute Gasteiger partial charge is 0.497 e. The Hall–Kier alpha value is -1.81. The third-order valence-corrected chi connectivity index (χ3v) is 2.17. The van der Waals surface area contributed by atoms with E-state index in [0.717, 1.165) is 13.2 Å². The number of hydrogen-bond acceptors (Lipinski definition) is 4. The molecule has 3 N–H and O–H groups in total. The Labute approximate surface area is 133 Å². The van der Waals surface area contributed by atoms with Gasteiger partial charge in [-0.05, 0) is 38.2 Å². The first-order valence-corrected chi connectivity index (χ1v) is 5.18. The summed E-state index contributed by atoms with van der Waals surface area (Å²) in [5, 5.41) is 1.69. The third kappa shape index (κ3) is 3.35. The van der Waals surface area contributed by atoms with Gasteiger partial charge in [0.2, 0.25) is 0 Å². The van der Waals surface area contributed by atoms with E-state index >= 15 is 0 Å². The van der Waals surface area contributed by atoms with E-state index in [1.807, 2.05) is 5.32 Å². The van der Waals surface area contributed by atoms with Crippen molar-refractivity contribution in [1.29, 1.82) is 0 Å². The number of ether oxygens (including phenoxy) is 1. The maximum atomic E-state index is 8.50. The minimum atomic E-state index is -3.81. The molecule has 0 bridgehead atoms. The van der Waals surface area contributed by atoms with Crippen LogP contribution in [0, 0.1) is 0 Å². The highest BCUT2D eigenvalue weighted by Gasteiger charge is 2.08. The van der Waals surface area contributed by atoms with E-state index in [1.54, 1.807) is 0 Å². The van der Waals surface area contributed by atoms with Crippen LogP contribution in [0.4, 0.5) is 5.69 Å². The van der Waals surface area contributed by atoms with Gasteiger partial charge in [-0.1, -0.05) is 6.04 Å². The van der Waals surface area contributed by atoms with Gasteiger partial charge in [-0.25, -0.2) is 0 Å². The molecule has 0 amide bonds. The van der Waals surface area contributed by atoms with Crippen molar-refractivity contribution < 1.29 is 23.9 Å². The molecule has 1 aromatic carbocycles. The normalized spacial score (nSPS) is 27.7. The highest BCUT2D eigenvalue weighted by Crippen LogP contribution is 2.28. The van der Waals surface area contributed by atoms with Crippen LogP contribution in [0.5, 0.6) is 5.75 Å². The van der Waals surface area contributed by atoms with Crippen LogP contribution in [0.15, 0.2) is 30.4 Å². The van der Waals surface area contributed by atoms with Crippen LogP contribution in [0.1, 0.15) is 38.8 Å². The molecule has 0 saturated heterocycles. The van der Waals surface area contributed by atoms with Crippen molar-refractivity contribution >= 4 is 16.6 Å². The van der Waals surface area contributed by atoms with Gasteiger partial charge in [0.1, 0.15) is 5.75 Å². The highest BCUT2D eigenvalue weighted by molar-refractivity contribution is 5.91. The lowest BCUT2D eigenvalue weighted by Crippen LogP contribution is -2.17. The predicted molar refractivity (Wildman–Crippen MR) is 79.7 cm³/mol. The highest BCUT2D eigenvalue weighted by atomic mass is 16.5. The Morgan fingerprint density at radius 2 is 2.63 bits per heavy atom. The molecule has 0 aliphatic heterocycles. The van der Waals surface area contributed by atoms with Crippen molar-refractivity contribution in [2.75, 3.05) is 18.9 Å². The number of rotatable bonds is 6. The molecule has 0 aliphatic carbocycles. The number of pyridine rings is 1. The molecule has 1 atom stereocenters. The molecule has 19 heavy (non-hydrogen) atoms. The summed E-state index contributed by atoms with van der Waals surface area (Å²) in [4.78, 5) is 3.77. The van der Waals surface area contributed by atoms with Gasteiger partial charge in [0.25, 0.3) is 0 Å². The number of methoxy groups -OCH3 is 1. The van der Waals surface area contributed by atoms with E-state index in [4.69, 9.17) is 29.7 Å². The van der Waals surface area contributed by atoms with Crippen LogP contribution in [0.25, 0.3) is 10.9 Å². The molecule has 0 radical (unpaired) electrons. The summed E-state index contributed by atoms with van der Waals surface area (Å²) in [6, 6.07) is -4.35. The molecule has 0 saturated carbocycles. The Morgan fingerprint density at radius 1 is 1.74 bits per heavy atom. The number of aromatic nitrogens is 1. The number of benzene rings is 1. The quantitative estimate of drug-likeness (QED) is 0.849. The van der Waals surface area contributed by atoms with Crippen molar-refractivity contribution in [2.45, 2.75) is 25.6 Å². The Balaban J connectivity index is 2.94. The van der Waals surface area contributed by atoms with Gasteiger partial charge in [-0.15, -0.1) is 0 Å². The van der Waals surface area contributed by atoms with Crippen LogP contribution in [-0.4, -0.2) is 24.6 Å². The average Bonchev–Trinajstić information content (AvgIpc) is 2.65. The van der Waals surface area contributed by atoms with Crippen LogP contribution >= 0.6 is 0 Å². The monoisotopic (exact) mass is 273 g/mol. The number of hydrogen-bond donors (Lipinski definition) is 2. The zero-order valence-corrected chi connectivity index (χ0v) is 10.0. The van der Waals surface area contributed by atoms with Gasteiger partial charge < -0.3 is 15.8 Å². The number of fused-ring (bicyclic) bond motifs is 1. The molecule has 0 aliphatic rings. The molecule has 2 aromatic rings. The number of anilines is 1. The fourth-order valence-corrected chi connectivity index (χ4v) is 1.40. The number of nitrogens with two attached hydrogens (primary N) is 1. The number of nitrogens with zero attached hydrogens (tertiary/aromatic N) is 1. The zero-order valence-electron chi connectivity index (χ0n) is 24.0. The Bertz CT molecular complexity index is 1080. The van der Waals surface area contributed by atoms with E-state index in [-0.39, 0.29) is 11.1 Å². The van der Waals surface area contributed by atoms with Crippen molar-refractivity contribution in [1.82, 2.24) is 4.98 Å². The average molecular weight is 273 g/mol. The maximum Gasteiger partial charge on any atom is 0.121 e. The summed E-state index contributed by atoms with van der Waals surface area (Å²) in [5.41, 5.74) is 4.20. The van der Waals surface area contributed by atoms with Crippen LogP contribution in [0.2, 0.25) is 0 Å². The van der Waals surface area contributed by atoms with E-state index in [2.05, 4.69) is 4.98 Å². The van der Waals surface area contributed by atoms with Gasteiger partial charge in [0.15, 0.2) is 0 Å². The fourth-order valence-electron chi connectivity index (χ4n) is 1.40. The Morgan fingerprint density at radius 3 is 3.37 bits per heavy atom. The fraction of sp³-hybridized carbons (Fsp3) is 0.400. The second-order valence-electron chi connectivity index (χ2n) is 3.34. The lowest BCUT2D eigenvalue weighted by molar-refractivity contribution is 0.415. The van der Waals surface area contributed by atoms with Crippen molar-refractivity contribution in [3.63, 3.8) is 0 Å². The first-order valence-electron chi connectivity index (χ1n) is 12.2. The second kappa shape index (κ2) is 6.38. The summed E-state index contributed by atoms with van der Waals surface area (Å²) in [7, 11) is 1.14. The molecule has 102 valence electrons. The standard InChI is InChI=1S/C15H21N3O/c1-11(5-3-7-16)18-14-10-13(19-2)9-12-6-4-8-17-15(12)14/h4,6,8-11,18H,3,5,7,16H2,1-2H3/i1D3,3D2,4D,5D2,6D,7D2,8D,9D,11D. The maximum absolute atomic E-state index is 8.50. The lowest BCUT2D eigenvalue weighted by atomic mass is 10.1. The van der Waals surface area contributed by atoms with Crippen molar-refractivity contribution in [2.24, 2.45) is 5.73 Å². The van der Waals surface area contributed by atoms with Crippen molar-refractivity contribution in [3.8, 4) is 5.75 Å². The molecular formula is C15H21N3O. The van der Waals surface area contributed by atoms with Gasteiger partial charge >= 0.3 is 0 Å². The molecule has 0 spiro atoms. The van der Waals surface area contributed by atoms with Gasteiger partial charge in [-0.2, -0.15) is 0 Å². The van der Waals surface area contributed by atoms with Gasteiger partial charge in [0, 0.05) is 36.0 Å². The van der Waals surface area contributed by atoms with E-state index in [9.17, 15) is 0 Å². The molecule has 2 rings (SSSR count). The topological polar surface area (TPSA) is 60.2 Å². The van der Waals surface area contributed by atoms with Gasteiger partial charge in [0.05, 0.1) is 25.2 Å². The van der Waals surface area contributed by atoms with E-state index < -0.39 is 67.6 Å². The minimum Gasteiger partial charge on any atom is -0.497 e. The van der Waals surface area contributed by atoms with Crippen LogP contribution in [-0.2, 0) is 0 Å². The molecule has 1 heterocycles. The SMILES string of the molecule is [2H]c1nc2c(NC([2H])(C([2H])([2H])[2H])C([2H])([2H])C([2H])([2H])C([2H])([2H])N)cc(OC)c([2H])c2c([2H])c1[2H]. The third-order valence-electron chi connectivity index (χ3n) is 2.17. The molecule has 1 unspecified atom stereocenters. The van der Waals surface area contributed by atoms with Crippen LogP contribution in [0.3, 0.4) is 0 Å². The second-order valence-corrected chi connectivity index (χ2v) is 3.34. The summed E-state index contributed by atoms with van der Waals surface area (Å²) in [5.74, 6) is -0.275. The molecule has 0 fully saturated rings. The smallest absolute Gasteiger partial charge is 0.121 e. The zero-order chi connectivity index (χ0) is 25.9.